The number of hydrogen-bond donors (Lipinski definition) is 1. The van der Waals surface area contributed by atoms with Gasteiger partial charge in [-0.05, 0) is 40.8 Å². The summed E-state index contributed by atoms with van der Waals surface area (Å²) in [6.45, 7) is 0. The third-order valence-corrected chi connectivity index (χ3v) is 4.92. The molecule has 1 aliphatic rings. The highest BCUT2D eigenvalue weighted by Crippen LogP contribution is 2.42. The minimum absolute atomic E-state index is 0.0824. The van der Waals surface area contributed by atoms with E-state index in [1.807, 2.05) is 24.3 Å². The third kappa shape index (κ3) is 2.24. The van der Waals surface area contributed by atoms with E-state index in [9.17, 15) is 5.21 Å². The zero-order chi connectivity index (χ0) is 16.5. The molecule has 3 aromatic carbocycles. The van der Waals surface area contributed by atoms with Gasteiger partial charge in [0.15, 0.2) is 0 Å². The summed E-state index contributed by atoms with van der Waals surface area (Å²) in [5.74, 6) is 0.748. The molecule has 0 bridgehead atoms. The van der Waals surface area contributed by atoms with E-state index in [4.69, 9.17) is 4.74 Å². The van der Waals surface area contributed by atoms with Crippen molar-refractivity contribution < 1.29 is 9.94 Å². The number of methoxy groups -OCH3 is 1. The summed E-state index contributed by atoms with van der Waals surface area (Å²) in [5.41, 5.74) is 4.38. The van der Waals surface area contributed by atoms with Gasteiger partial charge >= 0.3 is 0 Å². The lowest BCUT2D eigenvalue weighted by Gasteiger charge is -2.29. The molecule has 0 fully saturated rings. The average molecular weight is 317 g/mol. The van der Waals surface area contributed by atoms with Crippen LogP contribution < -0.4 is 4.74 Å². The van der Waals surface area contributed by atoms with Gasteiger partial charge in [0.05, 0.1) is 18.7 Å². The molecule has 0 spiro atoms. The van der Waals surface area contributed by atoms with Crippen LogP contribution in [0.3, 0.4) is 0 Å². The van der Waals surface area contributed by atoms with Crippen LogP contribution >= 0.6 is 0 Å². The standard InChI is InChI=1S/C21H19NO2/c1-24-19-13-11-15-7-3-5-9-17(15)21(19)20-16-8-4-2-6-14(16)10-12-18(20)22-23/h2-9,11,13,20,23H,10,12H2,1H3/b22-18+/t20-/m1/s1. The van der Waals surface area contributed by atoms with Crippen LogP contribution in [0.4, 0.5) is 0 Å². The maximum Gasteiger partial charge on any atom is 0.123 e. The van der Waals surface area contributed by atoms with Crippen molar-refractivity contribution in [3.05, 3.63) is 77.4 Å². The van der Waals surface area contributed by atoms with Crippen LogP contribution in [0, 0.1) is 0 Å². The lowest BCUT2D eigenvalue weighted by molar-refractivity contribution is 0.315. The Labute approximate surface area is 141 Å². The highest BCUT2D eigenvalue weighted by Gasteiger charge is 2.31. The first-order chi connectivity index (χ1) is 11.8. The molecular formula is C21H19NO2. The number of benzene rings is 3. The van der Waals surface area contributed by atoms with E-state index in [-0.39, 0.29) is 5.92 Å². The molecule has 0 amide bonds. The zero-order valence-electron chi connectivity index (χ0n) is 13.6. The highest BCUT2D eigenvalue weighted by molar-refractivity contribution is 6.01. The van der Waals surface area contributed by atoms with Gasteiger partial charge in [-0.3, -0.25) is 0 Å². The Balaban J connectivity index is 2.05. The van der Waals surface area contributed by atoms with Crippen molar-refractivity contribution in [1.82, 2.24) is 0 Å². The van der Waals surface area contributed by atoms with Crippen LogP contribution in [0.15, 0.2) is 65.8 Å². The molecule has 0 heterocycles. The van der Waals surface area contributed by atoms with E-state index >= 15 is 0 Å². The van der Waals surface area contributed by atoms with Gasteiger partial charge in [0, 0.05) is 5.56 Å². The maximum absolute atomic E-state index is 9.63. The quantitative estimate of drug-likeness (QED) is 0.547. The van der Waals surface area contributed by atoms with Crippen molar-refractivity contribution in [2.45, 2.75) is 18.8 Å². The van der Waals surface area contributed by atoms with Crippen molar-refractivity contribution in [3.63, 3.8) is 0 Å². The SMILES string of the molecule is COc1ccc2ccccc2c1[C@H]1/C(=N/O)CCc2ccccc21. The Hall–Kier alpha value is -2.81. The smallest absolute Gasteiger partial charge is 0.123 e. The molecule has 24 heavy (non-hydrogen) atoms. The summed E-state index contributed by atoms with van der Waals surface area (Å²) in [4.78, 5) is 0. The summed E-state index contributed by atoms with van der Waals surface area (Å²) >= 11 is 0. The normalized spacial score (nSPS) is 18.5. The number of hydrogen-bond acceptors (Lipinski definition) is 3. The average Bonchev–Trinajstić information content (AvgIpc) is 2.66. The highest BCUT2D eigenvalue weighted by atomic mass is 16.5. The Morgan fingerprint density at radius 1 is 0.958 bits per heavy atom. The number of nitrogens with zero attached hydrogens (tertiary/aromatic N) is 1. The van der Waals surface area contributed by atoms with Gasteiger partial charge in [-0.15, -0.1) is 0 Å². The van der Waals surface area contributed by atoms with Crippen molar-refractivity contribution in [1.29, 1.82) is 0 Å². The molecule has 1 N–H and O–H groups in total. The molecule has 0 aliphatic heterocycles. The van der Waals surface area contributed by atoms with Crippen LogP contribution in [-0.2, 0) is 6.42 Å². The van der Waals surface area contributed by atoms with E-state index in [0.29, 0.717) is 0 Å². The fourth-order valence-electron chi connectivity index (χ4n) is 3.81. The minimum Gasteiger partial charge on any atom is -0.496 e. The molecule has 0 aromatic heterocycles. The third-order valence-electron chi connectivity index (χ3n) is 4.92. The number of ether oxygens (including phenoxy) is 1. The van der Waals surface area contributed by atoms with Gasteiger partial charge in [-0.25, -0.2) is 0 Å². The number of rotatable bonds is 2. The lowest BCUT2D eigenvalue weighted by atomic mass is 9.76. The van der Waals surface area contributed by atoms with Crippen molar-refractivity contribution in [2.75, 3.05) is 7.11 Å². The molecule has 3 aromatic rings. The molecule has 0 unspecified atom stereocenters. The van der Waals surface area contributed by atoms with Crippen molar-refractivity contribution >= 4 is 16.5 Å². The van der Waals surface area contributed by atoms with Crippen LogP contribution in [0.1, 0.15) is 29.0 Å². The minimum atomic E-state index is -0.0824. The molecule has 120 valence electrons. The number of aryl methyl sites for hydroxylation is 1. The van der Waals surface area contributed by atoms with E-state index in [0.717, 1.165) is 40.6 Å². The van der Waals surface area contributed by atoms with E-state index < -0.39 is 0 Å². The molecule has 0 radical (unpaired) electrons. The van der Waals surface area contributed by atoms with E-state index in [2.05, 4.69) is 41.6 Å². The molecule has 1 atom stereocenters. The topological polar surface area (TPSA) is 41.8 Å². The van der Waals surface area contributed by atoms with Gasteiger partial charge in [0.25, 0.3) is 0 Å². The summed E-state index contributed by atoms with van der Waals surface area (Å²) in [6, 6.07) is 20.8. The predicted molar refractivity (Wildman–Crippen MR) is 96.3 cm³/mol. The molecule has 4 rings (SSSR count). The van der Waals surface area contributed by atoms with Crippen LogP contribution in [0.25, 0.3) is 10.8 Å². The first kappa shape index (κ1) is 14.8. The first-order valence-corrected chi connectivity index (χ1v) is 8.17. The molecule has 3 heteroatoms. The van der Waals surface area contributed by atoms with Gasteiger partial charge < -0.3 is 9.94 Å². The summed E-state index contributed by atoms with van der Waals surface area (Å²) < 4.78 is 5.68. The molecule has 0 saturated heterocycles. The van der Waals surface area contributed by atoms with Crippen LogP contribution in [0.5, 0.6) is 5.75 Å². The fourth-order valence-corrected chi connectivity index (χ4v) is 3.81. The second-order valence-electron chi connectivity index (χ2n) is 6.13. The van der Waals surface area contributed by atoms with Crippen LogP contribution in [-0.4, -0.2) is 18.0 Å². The van der Waals surface area contributed by atoms with Crippen molar-refractivity contribution in [2.24, 2.45) is 5.16 Å². The first-order valence-electron chi connectivity index (χ1n) is 8.17. The number of oxime groups is 1. The Bertz CT molecular complexity index is 930. The fraction of sp³-hybridized carbons (Fsp3) is 0.190. The summed E-state index contributed by atoms with van der Waals surface area (Å²) in [7, 11) is 1.69. The molecule has 3 nitrogen and oxygen atoms in total. The molecule has 0 saturated carbocycles. The van der Waals surface area contributed by atoms with Gasteiger partial charge in [-0.2, -0.15) is 0 Å². The van der Waals surface area contributed by atoms with Gasteiger partial charge in [-0.1, -0.05) is 59.8 Å². The molecule has 1 aliphatic carbocycles. The zero-order valence-corrected chi connectivity index (χ0v) is 13.6. The maximum atomic E-state index is 9.63. The van der Waals surface area contributed by atoms with Gasteiger partial charge in [0.1, 0.15) is 5.75 Å². The monoisotopic (exact) mass is 317 g/mol. The van der Waals surface area contributed by atoms with E-state index in [1.54, 1.807) is 7.11 Å². The van der Waals surface area contributed by atoms with Crippen LogP contribution in [0.2, 0.25) is 0 Å². The van der Waals surface area contributed by atoms with E-state index in [1.165, 1.54) is 11.1 Å². The Morgan fingerprint density at radius 2 is 1.75 bits per heavy atom. The predicted octanol–water partition coefficient (Wildman–Crippen LogP) is 4.76. The lowest BCUT2D eigenvalue weighted by Crippen LogP contribution is -2.22. The number of fused-ring (bicyclic) bond motifs is 2. The largest absolute Gasteiger partial charge is 0.496 e. The Morgan fingerprint density at radius 3 is 2.58 bits per heavy atom. The second-order valence-corrected chi connectivity index (χ2v) is 6.13. The Kier molecular flexibility index (Phi) is 3.69. The van der Waals surface area contributed by atoms with Crippen molar-refractivity contribution in [3.8, 4) is 5.75 Å². The summed E-state index contributed by atoms with van der Waals surface area (Å²) in [5, 5.41) is 15.6. The summed E-state index contributed by atoms with van der Waals surface area (Å²) in [6.07, 6.45) is 1.66. The van der Waals surface area contributed by atoms with Gasteiger partial charge in [0.2, 0.25) is 0 Å². The second kappa shape index (κ2) is 6.00. The molecular weight excluding hydrogens is 298 g/mol.